The van der Waals surface area contributed by atoms with Crippen LogP contribution >= 0.6 is 0 Å². The second-order valence-corrected chi connectivity index (χ2v) is 5.27. The number of methoxy groups -OCH3 is 2. The Hall–Kier alpha value is -2.76. The number of nitrogens with one attached hydrogen (secondary N) is 2. The van der Waals surface area contributed by atoms with Crippen LogP contribution in [0.1, 0.15) is 13.8 Å². The van der Waals surface area contributed by atoms with Crippen molar-refractivity contribution < 1.29 is 14.3 Å². The number of hydrogen-bond acceptors (Lipinski definition) is 5. The first-order chi connectivity index (χ1) is 11.0. The Labute approximate surface area is 135 Å². The predicted molar refractivity (Wildman–Crippen MR) is 90.5 cm³/mol. The lowest BCUT2D eigenvalue weighted by Crippen LogP contribution is -2.17. The maximum absolute atomic E-state index is 11.6. The molecular weight excluding hydrogens is 294 g/mol. The van der Waals surface area contributed by atoms with Gasteiger partial charge in [0, 0.05) is 17.7 Å². The van der Waals surface area contributed by atoms with E-state index in [9.17, 15) is 4.79 Å². The third kappa shape index (κ3) is 4.35. The lowest BCUT2D eigenvalue weighted by atomic mass is 10.2. The van der Waals surface area contributed by atoms with Crippen LogP contribution in [-0.4, -0.2) is 25.1 Å². The molecule has 0 aliphatic carbocycles. The van der Waals surface area contributed by atoms with Gasteiger partial charge in [0.2, 0.25) is 5.91 Å². The largest absolute Gasteiger partial charge is 0.493 e. The normalized spacial score (nSPS) is 10.3. The number of rotatable bonds is 6. The summed E-state index contributed by atoms with van der Waals surface area (Å²) in [5, 5.41) is 5.97. The molecule has 0 aliphatic rings. The number of nitrogens with zero attached hydrogens (tertiary/aromatic N) is 1. The summed E-state index contributed by atoms with van der Waals surface area (Å²) >= 11 is 0. The average molecular weight is 315 g/mol. The lowest BCUT2D eigenvalue weighted by molar-refractivity contribution is -0.118. The van der Waals surface area contributed by atoms with E-state index in [2.05, 4.69) is 15.6 Å². The number of carbonyl (C=O) groups is 1. The zero-order valence-corrected chi connectivity index (χ0v) is 13.7. The first-order valence-corrected chi connectivity index (χ1v) is 7.29. The van der Waals surface area contributed by atoms with Crippen LogP contribution in [-0.2, 0) is 4.79 Å². The van der Waals surface area contributed by atoms with E-state index < -0.39 is 0 Å². The molecule has 6 nitrogen and oxygen atoms in total. The van der Waals surface area contributed by atoms with E-state index >= 15 is 0 Å². The van der Waals surface area contributed by atoms with Gasteiger partial charge in [-0.3, -0.25) is 4.79 Å². The number of ether oxygens (including phenoxy) is 2. The maximum Gasteiger partial charge on any atom is 0.226 e. The SMILES string of the molecule is COc1ccc(Nc2ccc(NC(=O)C(C)C)cn2)cc1OC. The quantitative estimate of drug-likeness (QED) is 0.854. The van der Waals surface area contributed by atoms with Crippen molar-refractivity contribution in [2.75, 3.05) is 24.9 Å². The van der Waals surface area contributed by atoms with Crippen molar-refractivity contribution in [3.05, 3.63) is 36.5 Å². The minimum absolute atomic E-state index is 0.0348. The van der Waals surface area contributed by atoms with Crippen molar-refractivity contribution >= 4 is 23.1 Å². The summed E-state index contributed by atoms with van der Waals surface area (Å²) in [6.07, 6.45) is 1.61. The molecule has 2 aromatic rings. The Morgan fingerprint density at radius 3 is 2.30 bits per heavy atom. The van der Waals surface area contributed by atoms with Gasteiger partial charge in [0.25, 0.3) is 0 Å². The number of pyridine rings is 1. The number of amides is 1. The molecule has 23 heavy (non-hydrogen) atoms. The molecule has 0 unspecified atom stereocenters. The molecule has 1 aromatic heterocycles. The van der Waals surface area contributed by atoms with E-state index in [0.29, 0.717) is 23.0 Å². The van der Waals surface area contributed by atoms with Crippen molar-refractivity contribution in [1.29, 1.82) is 0 Å². The average Bonchev–Trinajstić information content (AvgIpc) is 2.56. The zero-order valence-electron chi connectivity index (χ0n) is 13.7. The highest BCUT2D eigenvalue weighted by molar-refractivity contribution is 5.91. The number of aromatic nitrogens is 1. The molecule has 2 rings (SSSR count). The lowest BCUT2D eigenvalue weighted by Gasteiger charge is -2.11. The molecule has 1 aromatic carbocycles. The topological polar surface area (TPSA) is 72.5 Å². The minimum atomic E-state index is -0.0698. The van der Waals surface area contributed by atoms with Gasteiger partial charge in [-0.1, -0.05) is 13.8 Å². The second kappa shape index (κ2) is 7.49. The van der Waals surface area contributed by atoms with Crippen LogP contribution in [0.2, 0.25) is 0 Å². The van der Waals surface area contributed by atoms with E-state index in [1.165, 1.54) is 0 Å². The molecule has 122 valence electrons. The van der Waals surface area contributed by atoms with Crippen LogP contribution in [0, 0.1) is 5.92 Å². The van der Waals surface area contributed by atoms with E-state index in [4.69, 9.17) is 9.47 Å². The van der Waals surface area contributed by atoms with Crippen molar-refractivity contribution in [3.63, 3.8) is 0 Å². The van der Waals surface area contributed by atoms with E-state index in [1.54, 1.807) is 32.5 Å². The number of anilines is 3. The fourth-order valence-electron chi connectivity index (χ4n) is 1.89. The molecule has 0 atom stereocenters. The van der Waals surface area contributed by atoms with Crippen molar-refractivity contribution in [3.8, 4) is 11.5 Å². The van der Waals surface area contributed by atoms with Gasteiger partial charge in [-0.05, 0) is 24.3 Å². The first kappa shape index (κ1) is 16.6. The smallest absolute Gasteiger partial charge is 0.226 e. The highest BCUT2D eigenvalue weighted by atomic mass is 16.5. The molecule has 6 heteroatoms. The molecule has 0 radical (unpaired) electrons. The molecule has 0 fully saturated rings. The summed E-state index contributed by atoms with van der Waals surface area (Å²) in [7, 11) is 3.18. The summed E-state index contributed by atoms with van der Waals surface area (Å²) in [4.78, 5) is 15.9. The zero-order chi connectivity index (χ0) is 16.8. The Kier molecular flexibility index (Phi) is 5.41. The molecule has 1 amide bonds. The molecule has 0 bridgehead atoms. The highest BCUT2D eigenvalue weighted by Crippen LogP contribution is 2.30. The highest BCUT2D eigenvalue weighted by Gasteiger charge is 2.08. The monoisotopic (exact) mass is 315 g/mol. The molecule has 0 aliphatic heterocycles. The van der Waals surface area contributed by atoms with Gasteiger partial charge in [-0.15, -0.1) is 0 Å². The van der Waals surface area contributed by atoms with Gasteiger partial charge in [-0.2, -0.15) is 0 Å². The van der Waals surface area contributed by atoms with Gasteiger partial charge in [0.05, 0.1) is 26.1 Å². The van der Waals surface area contributed by atoms with E-state index in [0.717, 1.165) is 5.69 Å². The van der Waals surface area contributed by atoms with Crippen molar-refractivity contribution in [1.82, 2.24) is 4.98 Å². The number of hydrogen-bond donors (Lipinski definition) is 2. The Balaban J connectivity index is 2.07. The van der Waals surface area contributed by atoms with Crippen LogP contribution in [0.25, 0.3) is 0 Å². The molecule has 0 spiro atoms. The van der Waals surface area contributed by atoms with Crippen LogP contribution < -0.4 is 20.1 Å². The Morgan fingerprint density at radius 2 is 1.74 bits per heavy atom. The van der Waals surface area contributed by atoms with Gasteiger partial charge < -0.3 is 20.1 Å². The fourth-order valence-corrected chi connectivity index (χ4v) is 1.89. The summed E-state index contributed by atoms with van der Waals surface area (Å²) in [5.74, 6) is 1.86. The van der Waals surface area contributed by atoms with Crippen LogP contribution in [0.4, 0.5) is 17.2 Å². The standard InChI is InChI=1S/C17H21N3O3/c1-11(2)17(21)20-13-6-8-16(18-10-13)19-12-5-7-14(22-3)15(9-12)23-4/h5-11H,1-4H3,(H,18,19)(H,20,21). The van der Waals surface area contributed by atoms with Gasteiger partial charge >= 0.3 is 0 Å². The summed E-state index contributed by atoms with van der Waals surface area (Å²) in [5.41, 5.74) is 1.50. The van der Waals surface area contributed by atoms with Crippen LogP contribution in [0.15, 0.2) is 36.5 Å². The third-order valence-corrected chi connectivity index (χ3v) is 3.21. The minimum Gasteiger partial charge on any atom is -0.493 e. The predicted octanol–water partition coefficient (Wildman–Crippen LogP) is 3.44. The van der Waals surface area contributed by atoms with E-state index in [1.807, 2.05) is 32.0 Å². The Morgan fingerprint density at radius 1 is 1.04 bits per heavy atom. The summed E-state index contributed by atoms with van der Waals surface area (Å²) in [6.45, 7) is 3.69. The third-order valence-electron chi connectivity index (χ3n) is 3.21. The summed E-state index contributed by atoms with van der Waals surface area (Å²) in [6, 6.07) is 9.12. The maximum atomic E-state index is 11.6. The molecule has 0 saturated heterocycles. The molecule has 2 N–H and O–H groups in total. The fraction of sp³-hybridized carbons (Fsp3) is 0.294. The van der Waals surface area contributed by atoms with Gasteiger partial charge in [0.15, 0.2) is 11.5 Å². The number of carbonyl (C=O) groups excluding carboxylic acids is 1. The van der Waals surface area contributed by atoms with Crippen molar-refractivity contribution in [2.24, 2.45) is 5.92 Å². The van der Waals surface area contributed by atoms with Crippen LogP contribution in [0.3, 0.4) is 0 Å². The number of benzene rings is 1. The van der Waals surface area contributed by atoms with Gasteiger partial charge in [0.1, 0.15) is 5.82 Å². The van der Waals surface area contributed by atoms with Crippen molar-refractivity contribution in [2.45, 2.75) is 13.8 Å². The van der Waals surface area contributed by atoms with Crippen LogP contribution in [0.5, 0.6) is 11.5 Å². The Bertz CT molecular complexity index is 669. The molecule has 0 saturated carbocycles. The first-order valence-electron chi connectivity index (χ1n) is 7.29. The second-order valence-electron chi connectivity index (χ2n) is 5.27. The van der Waals surface area contributed by atoms with E-state index in [-0.39, 0.29) is 11.8 Å². The van der Waals surface area contributed by atoms with Gasteiger partial charge in [-0.25, -0.2) is 4.98 Å². The molecule has 1 heterocycles. The summed E-state index contributed by atoms with van der Waals surface area (Å²) < 4.78 is 10.5. The molecular formula is C17H21N3O3.